The summed E-state index contributed by atoms with van der Waals surface area (Å²) in [6.07, 6.45) is 0. The summed E-state index contributed by atoms with van der Waals surface area (Å²) < 4.78 is 16.4. The van der Waals surface area contributed by atoms with Gasteiger partial charge in [0, 0.05) is 28.7 Å². The minimum atomic E-state index is -0.486. The first-order valence-electron chi connectivity index (χ1n) is 9.68. The van der Waals surface area contributed by atoms with Crippen LogP contribution in [0.2, 0.25) is 0 Å². The Bertz CT molecular complexity index is 1320. The Hall–Kier alpha value is -3.72. The number of nitrogens with one attached hydrogen (secondary N) is 1. The number of fused-ring (bicyclic) bond motifs is 3. The number of carbonyl (C=O) groups excluding carboxylic acids is 1. The number of nitrogens with zero attached hydrogens (tertiary/aromatic N) is 1. The van der Waals surface area contributed by atoms with E-state index in [4.69, 9.17) is 13.9 Å². The molecule has 164 valence electrons. The molecule has 4 rings (SSSR count). The first-order chi connectivity index (χ1) is 15.5. The highest BCUT2D eigenvalue weighted by molar-refractivity contribution is 7.99. The summed E-state index contributed by atoms with van der Waals surface area (Å²) in [5.74, 6) is 1.13. The molecule has 1 aromatic heterocycles. The molecule has 0 unspecified atom stereocenters. The third-order valence-electron chi connectivity index (χ3n) is 4.91. The molecule has 0 aliphatic carbocycles. The maximum absolute atomic E-state index is 12.5. The van der Waals surface area contributed by atoms with Gasteiger partial charge in [-0.15, -0.1) is 11.8 Å². The molecule has 0 aliphatic rings. The summed E-state index contributed by atoms with van der Waals surface area (Å²) in [6.45, 7) is 0. The standard InChI is InChI=1S/C23H20N2O6S/c1-29-20-8-7-14(9-18(20)25(27)28)12-32-13-23(26)24-17-11-21-16(10-22(17)30-2)15-5-3-4-6-19(15)31-21/h3-11H,12-13H2,1-2H3,(H,24,26). The van der Waals surface area contributed by atoms with E-state index in [0.717, 1.165) is 21.9 Å². The number of ether oxygens (including phenoxy) is 2. The molecule has 0 atom stereocenters. The topological polar surface area (TPSA) is 104 Å². The number of carbonyl (C=O) groups is 1. The molecular weight excluding hydrogens is 432 g/mol. The summed E-state index contributed by atoms with van der Waals surface area (Å²) in [6, 6.07) is 16.1. The van der Waals surface area contributed by atoms with Crippen molar-refractivity contribution >= 4 is 51.0 Å². The van der Waals surface area contributed by atoms with E-state index in [2.05, 4.69) is 5.32 Å². The average molecular weight is 452 g/mol. The Kier molecular flexibility index (Phi) is 6.18. The number of amides is 1. The highest BCUT2D eigenvalue weighted by atomic mass is 32.2. The van der Waals surface area contributed by atoms with Crippen molar-refractivity contribution in [3.63, 3.8) is 0 Å². The number of nitro benzene ring substituents is 1. The van der Waals surface area contributed by atoms with Gasteiger partial charge in [-0.2, -0.15) is 0 Å². The number of nitro groups is 1. The van der Waals surface area contributed by atoms with Crippen LogP contribution in [0.5, 0.6) is 11.5 Å². The lowest BCUT2D eigenvalue weighted by Crippen LogP contribution is -2.14. The summed E-state index contributed by atoms with van der Waals surface area (Å²) in [5, 5.41) is 15.9. The lowest BCUT2D eigenvalue weighted by atomic mass is 10.1. The summed E-state index contributed by atoms with van der Waals surface area (Å²) in [4.78, 5) is 23.2. The second-order valence-corrected chi connectivity index (χ2v) is 7.94. The van der Waals surface area contributed by atoms with Crippen LogP contribution in [0.15, 0.2) is 59.0 Å². The minimum Gasteiger partial charge on any atom is -0.495 e. The molecule has 0 fully saturated rings. The molecule has 32 heavy (non-hydrogen) atoms. The van der Waals surface area contributed by atoms with Gasteiger partial charge in [-0.25, -0.2) is 0 Å². The SMILES string of the molecule is COc1cc2c(cc1NC(=O)CSCc1ccc(OC)c([N+](=O)[O-])c1)oc1ccccc12. The Morgan fingerprint density at radius 1 is 1.03 bits per heavy atom. The molecule has 1 amide bonds. The van der Waals surface area contributed by atoms with Crippen LogP contribution in [0.1, 0.15) is 5.56 Å². The van der Waals surface area contributed by atoms with Crippen molar-refractivity contribution in [2.45, 2.75) is 5.75 Å². The van der Waals surface area contributed by atoms with Gasteiger partial charge in [-0.3, -0.25) is 14.9 Å². The zero-order chi connectivity index (χ0) is 22.7. The Balaban J connectivity index is 1.44. The van der Waals surface area contributed by atoms with Crippen LogP contribution in [-0.4, -0.2) is 30.8 Å². The third-order valence-corrected chi connectivity index (χ3v) is 5.92. The molecule has 3 aromatic carbocycles. The zero-order valence-electron chi connectivity index (χ0n) is 17.4. The number of methoxy groups -OCH3 is 2. The Morgan fingerprint density at radius 2 is 1.81 bits per heavy atom. The monoisotopic (exact) mass is 452 g/mol. The molecule has 0 saturated carbocycles. The van der Waals surface area contributed by atoms with Gasteiger partial charge < -0.3 is 19.2 Å². The van der Waals surface area contributed by atoms with Gasteiger partial charge in [0.2, 0.25) is 5.91 Å². The maximum Gasteiger partial charge on any atom is 0.311 e. The molecule has 9 heteroatoms. The lowest BCUT2D eigenvalue weighted by molar-refractivity contribution is -0.385. The molecule has 4 aromatic rings. The first-order valence-corrected chi connectivity index (χ1v) is 10.8. The predicted octanol–water partition coefficient (Wildman–Crippen LogP) is 5.38. The summed E-state index contributed by atoms with van der Waals surface area (Å²) in [5.41, 5.74) is 2.57. The third kappa shape index (κ3) is 4.33. The van der Waals surface area contributed by atoms with E-state index in [1.165, 1.54) is 24.9 Å². The van der Waals surface area contributed by atoms with Gasteiger partial charge >= 0.3 is 5.69 Å². The number of hydrogen-bond donors (Lipinski definition) is 1. The van der Waals surface area contributed by atoms with Crippen LogP contribution in [0.25, 0.3) is 21.9 Å². The smallest absolute Gasteiger partial charge is 0.311 e. The van der Waals surface area contributed by atoms with Gasteiger partial charge in [0.1, 0.15) is 16.9 Å². The van der Waals surface area contributed by atoms with E-state index >= 15 is 0 Å². The van der Waals surface area contributed by atoms with Gasteiger partial charge in [-0.1, -0.05) is 24.3 Å². The number of thioether (sulfide) groups is 1. The van der Waals surface area contributed by atoms with Crippen molar-refractivity contribution in [2.24, 2.45) is 0 Å². The molecule has 8 nitrogen and oxygen atoms in total. The largest absolute Gasteiger partial charge is 0.495 e. The summed E-state index contributed by atoms with van der Waals surface area (Å²) in [7, 11) is 2.93. The van der Waals surface area contributed by atoms with Crippen LogP contribution >= 0.6 is 11.8 Å². The zero-order valence-corrected chi connectivity index (χ0v) is 18.2. The molecule has 0 spiro atoms. The number of anilines is 1. The van der Waals surface area contributed by atoms with Crippen LogP contribution in [0, 0.1) is 10.1 Å². The Labute approximate surface area is 187 Å². The van der Waals surface area contributed by atoms with Crippen molar-refractivity contribution in [2.75, 3.05) is 25.3 Å². The van der Waals surface area contributed by atoms with Crippen molar-refractivity contribution < 1.29 is 23.6 Å². The second kappa shape index (κ2) is 9.19. The molecule has 0 radical (unpaired) electrons. The van der Waals surface area contributed by atoms with Gasteiger partial charge in [0.15, 0.2) is 5.75 Å². The number of rotatable bonds is 8. The van der Waals surface area contributed by atoms with Crippen molar-refractivity contribution in [1.29, 1.82) is 0 Å². The van der Waals surface area contributed by atoms with Crippen LogP contribution in [0.4, 0.5) is 11.4 Å². The molecule has 1 N–H and O–H groups in total. The normalized spacial score (nSPS) is 10.9. The van der Waals surface area contributed by atoms with Gasteiger partial charge in [0.05, 0.1) is 30.6 Å². The fourth-order valence-electron chi connectivity index (χ4n) is 3.43. The van der Waals surface area contributed by atoms with Gasteiger partial charge in [-0.05, 0) is 23.8 Å². The van der Waals surface area contributed by atoms with Crippen LogP contribution in [0.3, 0.4) is 0 Å². The molecular formula is C23H20N2O6S. The fraction of sp³-hybridized carbons (Fsp3) is 0.174. The van der Waals surface area contributed by atoms with E-state index in [1.807, 2.05) is 30.3 Å². The first kappa shape index (κ1) is 21.5. The predicted molar refractivity (Wildman–Crippen MR) is 125 cm³/mol. The highest BCUT2D eigenvalue weighted by Crippen LogP contribution is 2.36. The van der Waals surface area contributed by atoms with E-state index in [0.29, 0.717) is 22.8 Å². The van der Waals surface area contributed by atoms with E-state index in [-0.39, 0.29) is 23.1 Å². The molecule has 0 aliphatic heterocycles. The van der Waals surface area contributed by atoms with E-state index in [9.17, 15) is 14.9 Å². The maximum atomic E-state index is 12.5. The van der Waals surface area contributed by atoms with Gasteiger partial charge in [0.25, 0.3) is 0 Å². The van der Waals surface area contributed by atoms with Crippen molar-refractivity contribution in [3.8, 4) is 11.5 Å². The number of para-hydroxylation sites is 1. The second-order valence-electron chi connectivity index (χ2n) is 6.95. The van der Waals surface area contributed by atoms with E-state index < -0.39 is 4.92 Å². The Morgan fingerprint density at radius 3 is 2.56 bits per heavy atom. The van der Waals surface area contributed by atoms with Crippen LogP contribution in [-0.2, 0) is 10.5 Å². The molecule has 0 saturated heterocycles. The van der Waals surface area contributed by atoms with E-state index in [1.54, 1.807) is 25.3 Å². The van der Waals surface area contributed by atoms with Crippen molar-refractivity contribution in [1.82, 2.24) is 0 Å². The van der Waals surface area contributed by atoms with Crippen molar-refractivity contribution in [3.05, 3.63) is 70.3 Å². The quantitative estimate of drug-likeness (QED) is 0.283. The number of benzene rings is 3. The fourth-order valence-corrected chi connectivity index (χ4v) is 4.21. The average Bonchev–Trinajstić information content (AvgIpc) is 3.15. The van der Waals surface area contributed by atoms with Crippen LogP contribution < -0.4 is 14.8 Å². The lowest BCUT2D eigenvalue weighted by Gasteiger charge is -2.10. The highest BCUT2D eigenvalue weighted by Gasteiger charge is 2.16. The number of furan rings is 1. The minimum absolute atomic E-state index is 0.0982. The molecule has 1 heterocycles. The number of hydrogen-bond acceptors (Lipinski definition) is 7. The summed E-state index contributed by atoms with van der Waals surface area (Å²) >= 11 is 1.35. The molecule has 0 bridgehead atoms.